The smallest absolute Gasteiger partial charge is 0.255 e. The van der Waals surface area contributed by atoms with Crippen molar-refractivity contribution in [3.63, 3.8) is 0 Å². The molecule has 29 heavy (non-hydrogen) atoms. The molecule has 2 N–H and O–H groups in total. The van der Waals surface area contributed by atoms with Gasteiger partial charge in [-0.15, -0.1) is 0 Å². The summed E-state index contributed by atoms with van der Waals surface area (Å²) in [6, 6.07) is 23.1. The van der Waals surface area contributed by atoms with Crippen molar-refractivity contribution in [3.8, 4) is 11.5 Å². The van der Waals surface area contributed by atoms with Gasteiger partial charge in [0.25, 0.3) is 11.8 Å². The summed E-state index contributed by atoms with van der Waals surface area (Å²) in [5, 5.41) is 5.35. The lowest BCUT2D eigenvalue weighted by molar-refractivity contribution is 0.0962. The van der Waals surface area contributed by atoms with Gasteiger partial charge in [-0.2, -0.15) is 0 Å². The average molecular weight is 390 g/mol. The molecule has 0 fully saturated rings. The molecule has 3 aromatic rings. The van der Waals surface area contributed by atoms with Gasteiger partial charge in [-0.3, -0.25) is 9.59 Å². The summed E-state index contributed by atoms with van der Waals surface area (Å²) in [4.78, 5) is 23.9. The first-order valence-corrected chi connectivity index (χ1v) is 9.20. The van der Waals surface area contributed by atoms with Crippen molar-refractivity contribution >= 4 is 17.5 Å². The number of anilines is 1. The van der Waals surface area contributed by atoms with Gasteiger partial charge in [0.05, 0.1) is 0 Å². The first-order chi connectivity index (χ1) is 14.2. The minimum absolute atomic E-state index is 0.173. The van der Waals surface area contributed by atoms with Crippen molar-refractivity contribution < 1.29 is 19.1 Å². The number of carbonyl (C=O) groups is 2. The zero-order valence-corrected chi connectivity index (χ0v) is 16.1. The van der Waals surface area contributed by atoms with Crippen LogP contribution in [0.5, 0.6) is 11.5 Å². The van der Waals surface area contributed by atoms with Gasteiger partial charge in [0.1, 0.15) is 24.7 Å². The summed E-state index contributed by atoms with van der Waals surface area (Å²) in [5.74, 6) is 1.05. The standard InChI is InChI=1S/C23H22N2O4/c1-24-22(26)17-7-11-19(12-8-17)25-23(27)18-9-13-21(14-10-18)29-16-15-28-20-5-3-2-4-6-20/h2-14H,15-16H2,1H3,(H,24,26)(H,25,27). The van der Waals surface area contributed by atoms with E-state index < -0.39 is 0 Å². The molecule has 0 saturated carbocycles. The van der Waals surface area contributed by atoms with Crippen LogP contribution in [0.4, 0.5) is 5.69 Å². The van der Waals surface area contributed by atoms with Crippen LogP contribution < -0.4 is 20.1 Å². The van der Waals surface area contributed by atoms with E-state index in [-0.39, 0.29) is 11.8 Å². The van der Waals surface area contributed by atoms with Crippen LogP contribution in [0, 0.1) is 0 Å². The van der Waals surface area contributed by atoms with E-state index in [1.165, 1.54) is 0 Å². The summed E-state index contributed by atoms with van der Waals surface area (Å²) in [6.45, 7) is 0.830. The van der Waals surface area contributed by atoms with Crippen LogP contribution in [-0.2, 0) is 0 Å². The van der Waals surface area contributed by atoms with E-state index in [2.05, 4.69) is 10.6 Å². The molecule has 0 spiro atoms. The third kappa shape index (κ3) is 5.84. The van der Waals surface area contributed by atoms with Crippen LogP contribution in [0.2, 0.25) is 0 Å². The van der Waals surface area contributed by atoms with Gasteiger partial charge >= 0.3 is 0 Å². The van der Waals surface area contributed by atoms with Gasteiger partial charge in [0, 0.05) is 23.9 Å². The quantitative estimate of drug-likeness (QED) is 0.574. The maximum Gasteiger partial charge on any atom is 0.255 e. The fourth-order valence-electron chi connectivity index (χ4n) is 2.59. The van der Waals surface area contributed by atoms with Crippen LogP contribution in [0.3, 0.4) is 0 Å². The molecule has 148 valence electrons. The number of hydrogen-bond donors (Lipinski definition) is 2. The monoisotopic (exact) mass is 390 g/mol. The van der Waals surface area contributed by atoms with Crippen molar-refractivity contribution in [3.05, 3.63) is 90.0 Å². The molecule has 2 amide bonds. The van der Waals surface area contributed by atoms with Crippen LogP contribution in [0.1, 0.15) is 20.7 Å². The predicted octanol–water partition coefficient (Wildman–Crippen LogP) is 3.76. The maximum atomic E-state index is 12.4. The number of amides is 2. The molecule has 6 heteroatoms. The molecule has 0 aliphatic rings. The second-order valence-electron chi connectivity index (χ2n) is 6.14. The number of carbonyl (C=O) groups excluding carboxylic acids is 2. The lowest BCUT2D eigenvalue weighted by Crippen LogP contribution is -2.17. The van der Waals surface area contributed by atoms with E-state index in [0.29, 0.717) is 35.8 Å². The molecule has 0 aromatic heterocycles. The van der Waals surface area contributed by atoms with E-state index in [1.807, 2.05) is 30.3 Å². The third-order valence-electron chi connectivity index (χ3n) is 4.11. The second kappa shape index (κ2) is 9.94. The Morgan fingerprint density at radius 3 is 1.79 bits per heavy atom. The number of para-hydroxylation sites is 1. The second-order valence-corrected chi connectivity index (χ2v) is 6.14. The number of hydrogen-bond acceptors (Lipinski definition) is 4. The number of rotatable bonds is 8. The van der Waals surface area contributed by atoms with Gasteiger partial charge in [0.2, 0.25) is 0 Å². The Kier molecular flexibility index (Phi) is 6.84. The molecule has 0 radical (unpaired) electrons. The van der Waals surface area contributed by atoms with Gasteiger partial charge in [-0.05, 0) is 60.7 Å². The Bertz CT molecular complexity index is 939. The average Bonchev–Trinajstić information content (AvgIpc) is 2.78. The van der Waals surface area contributed by atoms with E-state index in [4.69, 9.17) is 9.47 Å². The molecule has 6 nitrogen and oxygen atoms in total. The van der Waals surface area contributed by atoms with Crippen molar-refractivity contribution in [2.45, 2.75) is 0 Å². The van der Waals surface area contributed by atoms with Crippen molar-refractivity contribution in [1.29, 1.82) is 0 Å². The molecule has 3 aromatic carbocycles. The molecule has 0 unspecified atom stereocenters. The molecule has 0 heterocycles. The summed E-state index contributed by atoms with van der Waals surface area (Å²) in [6.07, 6.45) is 0. The van der Waals surface area contributed by atoms with Gasteiger partial charge in [-0.25, -0.2) is 0 Å². The van der Waals surface area contributed by atoms with Crippen LogP contribution in [-0.4, -0.2) is 32.1 Å². The van der Waals surface area contributed by atoms with Crippen molar-refractivity contribution in [2.24, 2.45) is 0 Å². The third-order valence-corrected chi connectivity index (χ3v) is 4.11. The minimum Gasteiger partial charge on any atom is -0.490 e. The van der Waals surface area contributed by atoms with Crippen LogP contribution in [0.25, 0.3) is 0 Å². The fraction of sp³-hybridized carbons (Fsp3) is 0.130. The normalized spacial score (nSPS) is 10.1. The Balaban J connectivity index is 1.47. The number of ether oxygens (including phenoxy) is 2. The highest BCUT2D eigenvalue weighted by Crippen LogP contribution is 2.15. The number of nitrogens with one attached hydrogen (secondary N) is 2. The van der Waals surface area contributed by atoms with E-state index >= 15 is 0 Å². The molecular weight excluding hydrogens is 368 g/mol. The predicted molar refractivity (Wildman–Crippen MR) is 112 cm³/mol. The first-order valence-electron chi connectivity index (χ1n) is 9.20. The van der Waals surface area contributed by atoms with Crippen LogP contribution >= 0.6 is 0 Å². The minimum atomic E-state index is -0.239. The fourth-order valence-corrected chi connectivity index (χ4v) is 2.59. The molecule has 0 aliphatic heterocycles. The van der Waals surface area contributed by atoms with Gasteiger partial charge in [-0.1, -0.05) is 18.2 Å². The van der Waals surface area contributed by atoms with Crippen molar-refractivity contribution in [1.82, 2.24) is 5.32 Å². The topological polar surface area (TPSA) is 76.7 Å². The zero-order chi connectivity index (χ0) is 20.5. The summed E-state index contributed by atoms with van der Waals surface area (Å²) in [5.41, 5.74) is 1.65. The first kappa shape index (κ1) is 19.9. The van der Waals surface area contributed by atoms with E-state index in [9.17, 15) is 9.59 Å². The Labute approximate surface area is 169 Å². The largest absolute Gasteiger partial charge is 0.490 e. The number of benzene rings is 3. The summed E-state index contributed by atoms with van der Waals surface area (Å²) in [7, 11) is 1.57. The molecular formula is C23H22N2O4. The molecule has 0 atom stereocenters. The zero-order valence-electron chi connectivity index (χ0n) is 16.1. The molecule has 0 bridgehead atoms. The molecule has 0 saturated heterocycles. The summed E-state index contributed by atoms with van der Waals surface area (Å²) < 4.78 is 11.2. The van der Waals surface area contributed by atoms with Gasteiger partial charge in [0.15, 0.2) is 0 Å². The highest BCUT2D eigenvalue weighted by molar-refractivity contribution is 6.04. The van der Waals surface area contributed by atoms with E-state index in [0.717, 1.165) is 5.75 Å². The van der Waals surface area contributed by atoms with E-state index in [1.54, 1.807) is 55.6 Å². The molecule has 3 rings (SSSR count). The highest BCUT2D eigenvalue weighted by atomic mass is 16.5. The lowest BCUT2D eigenvalue weighted by Gasteiger charge is -2.09. The lowest BCUT2D eigenvalue weighted by atomic mass is 10.1. The van der Waals surface area contributed by atoms with Crippen molar-refractivity contribution in [2.75, 3.05) is 25.6 Å². The Hall–Kier alpha value is -3.80. The highest BCUT2D eigenvalue weighted by Gasteiger charge is 2.08. The maximum absolute atomic E-state index is 12.4. The Morgan fingerprint density at radius 2 is 1.21 bits per heavy atom. The SMILES string of the molecule is CNC(=O)c1ccc(NC(=O)c2ccc(OCCOc3ccccc3)cc2)cc1. The van der Waals surface area contributed by atoms with Crippen LogP contribution in [0.15, 0.2) is 78.9 Å². The molecule has 0 aliphatic carbocycles. The van der Waals surface area contributed by atoms with Gasteiger partial charge < -0.3 is 20.1 Å². The Morgan fingerprint density at radius 1 is 0.690 bits per heavy atom. The summed E-state index contributed by atoms with van der Waals surface area (Å²) >= 11 is 0.